The van der Waals surface area contributed by atoms with Gasteiger partial charge in [-0.2, -0.15) is 0 Å². The summed E-state index contributed by atoms with van der Waals surface area (Å²) in [5, 5.41) is 3.19. The van der Waals surface area contributed by atoms with Crippen molar-refractivity contribution in [3.8, 4) is 0 Å². The van der Waals surface area contributed by atoms with Crippen LogP contribution in [-0.2, 0) is 11.2 Å². The highest BCUT2D eigenvalue weighted by atomic mass is 16.2. The van der Waals surface area contributed by atoms with Crippen molar-refractivity contribution >= 4 is 5.91 Å². The molecule has 1 aromatic carbocycles. The number of likely N-dealkylation sites (tertiary alicyclic amines) is 1. The Bertz CT molecular complexity index is 399. The van der Waals surface area contributed by atoms with Gasteiger partial charge in [0.15, 0.2) is 0 Å². The van der Waals surface area contributed by atoms with Crippen LogP contribution in [0.5, 0.6) is 0 Å². The molecular weight excluding hydrogens is 224 g/mol. The standard InChI is InChI=1S/C15H22N2O/c1-12-3-5-13(6-4-12)9-15(18)17-8-7-14(11-17)10-16-2/h3-6,14,16H,7-11H2,1-2H3. The largest absolute Gasteiger partial charge is 0.342 e. The molecule has 0 saturated carbocycles. The first-order chi connectivity index (χ1) is 8.69. The topological polar surface area (TPSA) is 32.3 Å². The Hall–Kier alpha value is -1.35. The van der Waals surface area contributed by atoms with E-state index in [-0.39, 0.29) is 5.91 Å². The van der Waals surface area contributed by atoms with Gasteiger partial charge in [-0.1, -0.05) is 29.8 Å². The van der Waals surface area contributed by atoms with Gasteiger partial charge in [-0.3, -0.25) is 4.79 Å². The van der Waals surface area contributed by atoms with Crippen molar-refractivity contribution < 1.29 is 4.79 Å². The van der Waals surface area contributed by atoms with Crippen LogP contribution < -0.4 is 5.32 Å². The van der Waals surface area contributed by atoms with Crippen molar-refractivity contribution in [1.82, 2.24) is 10.2 Å². The van der Waals surface area contributed by atoms with Gasteiger partial charge in [-0.25, -0.2) is 0 Å². The molecule has 98 valence electrons. The number of hydrogen-bond donors (Lipinski definition) is 1. The molecule has 0 spiro atoms. The van der Waals surface area contributed by atoms with Crippen LogP contribution in [0.25, 0.3) is 0 Å². The lowest BCUT2D eigenvalue weighted by Gasteiger charge is -2.16. The highest BCUT2D eigenvalue weighted by Gasteiger charge is 2.25. The zero-order valence-electron chi connectivity index (χ0n) is 11.3. The quantitative estimate of drug-likeness (QED) is 0.875. The Morgan fingerprint density at radius 1 is 1.39 bits per heavy atom. The molecule has 1 unspecified atom stereocenters. The fourth-order valence-electron chi connectivity index (χ4n) is 2.51. The van der Waals surface area contributed by atoms with Crippen LogP contribution in [0.3, 0.4) is 0 Å². The van der Waals surface area contributed by atoms with Crippen LogP contribution >= 0.6 is 0 Å². The molecule has 0 aliphatic carbocycles. The molecule has 1 aromatic rings. The molecule has 2 rings (SSSR count). The molecule has 1 heterocycles. The van der Waals surface area contributed by atoms with Crippen molar-refractivity contribution in [2.75, 3.05) is 26.7 Å². The Morgan fingerprint density at radius 2 is 2.11 bits per heavy atom. The van der Waals surface area contributed by atoms with Crippen LogP contribution in [0.1, 0.15) is 17.5 Å². The van der Waals surface area contributed by atoms with E-state index < -0.39 is 0 Å². The fourth-order valence-corrected chi connectivity index (χ4v) is 2.51. The summed E-state index contributed by atoms with van der Waals surface area (Å²) in [7, 11) is 1.97. The van der Waals surface area contributed by atoms with Gasteiger partial charge in [0.25, 0.3) is 0 Å². The van der Waals surface area contributed by atoms with Crippen LogP contribution in [0.15, 0.2) is 24.3 Å². The number of carbonyl (C=O) groups is 1. The number of rotatable bonds is 4. The summed E-state index contributed by atoms with van der Waals surface area (Å²) < 4.78 is 0. The summed E-state index contributed by atoms with van der Waals surface area (Å²) in [5.74, 6) is 0.884. The monoisotopic (exact) mass is 246 g/mol. The lowest BCUT2D eigenvalue weighted by molar-refractivity contribution is -0.129. The summed E-state index contributed by atoms with van der Waals surface area (Å²) in [6.45, 7) is 4.89. The molecule has 1 N–H and O–H groups in total. The van der Waals surface area contributed by atoms with Crippen molar-refractivity contribution in [2.24, 2.45) is 5.92 Å². The first-order valence-corrected chi connectivity index (χ1v) is 6.67. The van der Waals surface area contributed by atoms with E-state index >= 15 is 0 Å². The smallest absolute Gasteiger partial charge is 0.226 e. The van der Waals surface area contributed by atoms with Gasteiger partial charge < -0.3 is 10.2 Å². The van der Waals surface area contributed by atoms with Crippen molar-refractivity contribution in [3.05, 3.63) is 35.4 Å². The van der Waals surface area contributed by atoms with Gasteiger partial charge in [-0.05, 0) is 38.4 Å². The molecule has 1 atom stereocenters. The maximum Gasteiger partial charge on any atom is 0.226 e. The van der Waals surface area contributed by atoms with E-state index in [2.05, 4.69) is 24.4 Å². The van der Waals surface area contributed by atoms with Crippen molar-refractivity contribution in [3.63, 3.8) is 0 Å². The summed E-state index contributed by atoms with van der Waals surface area (Å²) >= 11 is 0. The zero-order chi connectivity index (χ0) is 13.0. The number of hydrogen-bond acceptors (Lipinski definition) is 2. The predicted octanol–water partition coefficient (Wildman–Crippen LogP) is 1.61. The number of nitrogens with zero attached hydrogens (tertiary/aromatic N) is 1. The van der Waals surface area contributed by atoms with Crippen LogP contribution in [0.4, 0.5) is 0 Å². The zero-order valence-corrected chi connectivity index (χ0v) is 11.3. The summed E-state index contributed by atoms with van der Waals surface area (Å²) in [6, 6.07) is 8.23. The Labute approximate surface area is 109 Å². The lowest BCUT2D eigenvalue weighted by Crippen LogP contribution is -2.31. The molecule has 3 nitrogen and oxygen atoms in total. The summed E-state index contributed by atoms with van der Waals surface area (Å²) in [5.41, 5.74) is 2.35. The molecule has 1 saturated heterocycles. The van der Waals surface area contributed by atoms with Gasteiger partial charge in [0.2, 0.25) is 5.91 Å². The maximum atomic E-state index is 12.2. The maximum absolute atomic E-state index is 12.2. The molecule has 0 radical (unpaired) electrons. The second-order valence-electron chi connectivity index (χ2n) is 5.21. The van der Waals surface area contributed by atoms with Crippen molar-refractivity contribution in [1.29, 1.82) is 0 Å². The third-order valence-corrected chi connectivity index (χ3v) is 3.61. The van der Waals surface area contributed by atoms with Gasteiger partial charge in [0, 0.05) is 13.1 Å². The minimum atomic E-state index is 0.262. The van der Waals surface area contributed by atoms with Gasteiger partial charge in [0.05, 0.1) is 6.42 Å². The van der Waals surface area contributed by atoms with E-state index in [0.717, 1.165) is 31.6 Å². The third-order valence-electron chi connectivity index (χ3n) is 3.61. The van der Waals surface area contributed by atoms with Gasteiger partial charge in [-0.15, -0.1) is 0 Å². The molecule has 0 aromatic heterocycles. The van der Waals surface area contributed by atoms with Crippen LogP contribution in [-0.4, -0.2) is 37.5 Å². The molecule has 1 aliphatic heterocycles. The third kappa shape index (κ3) is 3.33. The molecular formula is C15H22N2O. The van der Waals surface area contributed by atoms with E-state index in [9.17, 15) is 4.79 Å². The number of aryl methyl sites for hydroxylation is 1. The second-order valence-corrected chi connectivity index (χ2v) is 5.21. The van der Waals surface area contributed by atoms with Gasteiger partial charge in [0.1, 0.15) is 0 Å². The van der Waals surface area contributed by atoms with Gasteiger partial charge >= 0.3 is 0 Å². The molecule has 3 heteroatoms. The molecule has 18 heavy (non-hydrogen) atoms. The highest BCUT2D eigenvalue weighted by Crippen LogP contribution is 2.16. The van der Waals surface area contributed by atoms with E-state index in [1.54, 1.807) is 0 Å². The molecule has 0 bridgehead atoms. The number of benzene rings is 1. The SMILES string of the molecule is CNCC1CCN(C(=O)Cc2ccc(C)cc2)C1. The van der Waals surface area contributed by atoms with Crippen LogP contribution in [0, 0.1) is 12.8 Å². The minimum Gasteiger partial charge on any atom is -0.342 e. The highest BCUT2D eigenvalue weighted by molar-refractivity contribution is 5.79. The Morgan fingerprint density at radius 3 is 2.78 bits per heavy atom. The summed E-state index contributed by atoms with van der Waals surface area (Å²) in [6.07, 6.45) is 1.66. The Kier molecular flexibility index (Phi) is 4.37. The number of carbonyl (C=O) groups excluding carboxylic acids is 1. The first-order valence-electron chi connectivity index (χ1n) is 6.67. The first kappa shape index (κ1) is 13.1. The molecule has 1 amide bonds. The predicted molar refractivity (Wildman–Crippen MR) is 73.5 cm³/mol. The average molecular weight is 246 g/mol. The van der Waals surface area contributed by atoms with Crippen molar-refractivity contribution in [2.45, 2.75) is 19.8 Å². The van der Waals surface area contributed by atoms with E-state index in [4.69, 9.17) is 0 Å². The van der Waals surface area contributed by atoms with E-state index in [1.165, 1.54) is 5.56 Å². The van der Waals surface area contributed by atoms with E-state index in [0.29, 0.717) is 12.3 Å². The normalized spacial score (nSPS) is 19.2. The van der Waals surface area contributed by atoms with E-state index in [1.807, 2.05) is 24.1 Å². The lowest BCUT2D eigenvalue weighted by atomic mass is 10.1. The number of nitrogens with one attached hydrogen (secondary N) is 1. The molecule has 1 fully saturated rings. The fraction of sp³-hybridized carbons (Fsp3) is 0.533. The Balaban J connectivity index is 1.87. The molecule has 1 aliphatic rings. The minimum absolute atomic E-state index is 0.262. The number of amides is 1. The average Bonchev–Trinajstić information content (AvgIpc) is 2.81. The second kappa shape index (κ2) is 6.01. The van der Waals surface area contributed by atoms with Crippen LogP contribution in [0.2, 0.25) is 0 Å². The summed E-state index contributed by atoms with van der Waals surface area (Å²) in [4.78, 5) is 14.2.